The Kier molecular flexibility index (Phi) is 6.21. The van der Waals surface area contributed by atoms with Crippen molar-refractivity contribution in [1.29, 1.82) is 0 Å². The van der Waals surface area contributed by atoms with E-state index < -0.39 is 12.7 Å². The summed E-state index contributed by atoms with van der Waals surface area (Å²) in [6, 6.07) is 9.42. The van der Waals surface area contributed by atoms with E-state index in [-0.39, 0.29) is 12.3 Å². The van der Waals surface area contributed by atoms with Gasteiger partial charge in [-0.25, -0.2) is 0 Å². The van der Waals surface area contributed by atoms with E-state index in [0.717, 1.165) is 29.1 Å². The maximum Gasteiger partial charge on any atom is 0.406 e. The van der Waals surface area contributed by atoms with Crippen LogP contribution in [0.15, 0.2) is 30.3 Å². The zero-order chi connectivity index (χ0) is 21.2. The third-order valence-corrected chi connectivity index (χ3v) is 5.37. The van der Waals surface area contributed by atoms with E-state index >= 15 is 0 Å². The second kappa shape index (κ2) is 8.49. The fraction of sp³-hybridized carbons (Fsp3) is 0.476. The SMILES string of the molecule is COc1cccc(N2CCN(CC(=O)c3cc(C)n(CC(F)(F)F)c3C)CC2)c1. The molecule has 1 aliphatic heterocycles. The van der Waals surface area contributed by atoms with Crippen LogP contribution in [0.3, 0.4) is 0 Å². The van der Waals surface area contributed by atoms with E-state index in [4.69, 9.17) is 4.74 Å². The number of Topliss-reactive ketones (excluding diaryl/α,β-unsaturated/α-hetero) is 1. The summed E-state index contributed by atoms with van der Waals surface area (Å²) in [6.45, 7) is 5.28. The van der Waals surface area contributed by atoms with E-state index in [0.29, 0.717) is 30.0 Å². The molecule has 2 heterocycles. The molecule has 1 fully saturated rings. The Balaban J connectivity index is 1.61. The molecule has 1 aromatic heterocycles. The highest BCUT2D eigenvalue weighted by Gasteiger charge is 2.30. The van der Waals surface area contributed by atoms with Gasteiger partial charge in [-0.2, -0.15) is 13.2 Å². The summed E-state index contributed by atoms with van der Waals surface area (Å²) < 4.78 is 44.8. The number of ether oxygens (including phenoxy) is 1. The fourth-order valence-corrected chi connectivity index (χ4v) is 3.77. The number of carbonyl (C=O) groups is 1. The molecule has 0 spiro atoms. The third-order valence-electron chi connectivity index (χ3n) is 5.37. The molecule has 0 amide bonds. The van der Waals surface area contributed by atoms with E-state index in [1.165, 1.54) is 0 Å². The van der Waals surface area contributed by atoms with Crippen LogP contribution in [0, 0.1) is 13.8 Å². The van der Waals surface area contributed by atoms with Crippen molar-refractivity contribution in [3.8, 4) is 5.75 Å². The number of rotatable bonds is 6. The molecule has 0 N–H and O–H groups in total. The van der Waals surface area contributed by atoms with Gasteiger partial charge in [-0.3, -0.25) is 9.69 Å². The van der Waals surface area contributed by atoms with E-state index in [1.807, 2.05) is 24.3 Å². The number of aryl methyl sites for hydroxylation is 1. The number of aromatic nitrogens is 1. The van der Waals surface area contributed by atoms with Crippen molar-refractivity contribution < 1.29 is 22.7 Å². The number of anilines is 1. The largest absolute Gasteiger partial charge is 0.497 e. The first kappa shape index (κ1) is 21.2. The monoisotopic (exact) mass is 409 g/mol. The smallest absolute Gasteiger partial charge is 0.406 e. The normalized spacial score (nSPS) is 15.6. The van der Waals surface area contributed by atoms with Crippen LogP contribution >= 0.6 is 0 Å². The van der Waals surface area contributed by atoms with Gasteiger partial charge in [-0.1, -0.05) is 6.07 Å². The molecule has 0 aliphatic carbocycles. The van der Waals surface area contributed by atoms with Gasteiger partial charge in [0.25, 0.3) is 0 Å². The number of carbonyl (C=O) groups excluding carboxylic acids is 1. The van der Waals surface area contributed by atoms with Crippen LogP contribution in [0.25, 0.3) is 0 Å². The first-order valence-electron chi connectivity index (χ1n) is 9.56. The van der Waals surface area contributed by atoms with Gasteiger partial charge >= 0.3 is 6.18 Å². The molecule has 5 nitrogen and oxygen atoms in total. The average molecular weight is 409 g/mol. The van der Waals surface area contributed by atoms with Crippen molar-refractivity contribution in [2.45, 2.75) is 26.6 Å². The minimum Gasteiger partial charge on any atom is -0.497 e. The predicted octanol–water partition coefficient (Wildman–Crippen LogP) is 3.68. The molecule has 0 radical (unpaired) electrons. The van der Waals surface area contributed by atoms with Crippen LogP contribution in [-0.4, -0.2) is 61.3 Å². The molecular weight excluding hydrogens is 383 g/mol. The fourth-order valence-electron chi connectivity index (χ4n) is 3.77. The summed E-state index contributed by atoms with van der Waals surface area (Å²) in [5.74, 6) is 0.663. The second-order valence-electron chi connectivity index (χ2n) is 7.37. The van der Waals surface area contributed by atoms with Crippen molar-refractivity contribution in [3.05, 3.63) is 47.3 Å². The Labute approximate surface area is 168 Å². The number of benzene rings is 1. The Morgan fingerprint density at radius 3 is 2.41 bits per heavy atom. The first-order valence-corrected chi connectivity index (χ1v) is 9.56. The minimum atomic E-state index is -4.31. The molecule has 1 saturated heterocycles. The molecule has 8 heteroatoms. The first-order chi connectivity index (χ1) is 13.7. The van der Waals surface area contributed by atoms with Gasteiger partial charge in [0.05, 0.1) is 13.7 Å². The number of hydrogen-bond acceptors (Lipinski definition) is 4. The maximum atomic E-state index is 12.8. The summed E-state index contributed by atoms with van der Waals surface area (Å²) in [7, 11) is 1.63. The Morgan fingerprint density at radius 2 is 1.79 bits per heavy atom. The number of nitrogens with zero attached hydrogens (tertiary/aromatic N) is 3. The molecule has 3 rings (SSSR count). The molecule has 1 aromatic carbocycles. The summed E-state index contributed by atoms with van der Waals surface area (Å²) in [6.07, 6.45) is -4.31. The van der Waals surface area contributed by atoms with Gasteiger partial charge in [0.15, 0.2) is 5.78 Å². The molecule has 0 unspecified atom stereocenters. The van der Waals surface area contributed by atoms with Crippen molar-refractivity contribution in [2.24, 2.45) is 0 Å². The Morgan fingerprint density at radius 1 is 1.10 bits per heavy atom. The molecule has 29 heavy (non-hydrogen) atoms. The number of hydrogen-bond donors (Lipinski definition) is 0. The Bertz CT molecular complexity index is 869. The highest BCUT2D eigenvalue weighted by molar-refractivity contribution is 5.99. The van der Waals surface area contributed by atoms with Gasteiger partial charge in [-0.05, 0) is 32.0 Å². The number of ketones is 1. The molecule has 158 valence electrons. The maximum absolute atomic E-state index is 12.8. The quantitative estimate of drug-likeness (QED) is 0.683. The van der Waals surface area contributed by atoms with Gasteiger partial charge < -0.3 is 14.2 Å². The summed E-state index contributed by atoms with van der Waals surface area (Å²) in [5.41, 5.74) is 2.28. The lowest BCUT2D eigenvalue weighted by Gasteiger charge is -2.35. The van der Waals surface area contributed by atoms with Crippen LogP contribution in [-0.2, 0) is 6.54 Å². The predicted molar refractivity (Wildman–Crippen MR) is 106 cm³/mol. The van der Waals surface area contributed by atoms with Crippen molar-refractivity contribution in [2.75, 3.05) is 44.7 Å². The molecule has 0 saturated carbocycles. The van der Waals surface area contributed by atoms with Crippen LogP contribution < -0.4 is 9.64 Å². The van der Waals surface area contributed by atoms with Crippen LogP contribution in [0.2, 0.25) is 0 Å². The second-order valence-corrected chi connectivity index (χ2v) is 7.37. The zero-order valence-corrected chi connectivity index (χ0v) is 16.9. The standard InChI is InChI=1S/C21H26F3N3O2/c1-15-11-19(16(2)27(15)14-21(22,23)24)20(28)13-25-7-9-26(10-8-25)17-5-4-6-18(12-17)29-3/h4-6,11-12H,7-10,13-14H2,1-3H3. The lowest BCUT2D eigenvalue weighted by atomic mass is 10.1. The number of halogens is 3. The van der Waals surface area contributed by atoms with Gasteiger partial charge in [-0.15, -0.1) is 0 Å². The number of piperazine rings is 1. The van der Waals surface area contributed by atoms with Crippen molar-refractivity contribution in [3.63, 3.8) is 0 Å². The van der Waals surface area contributed by atoms with Gasteiger partial charge in [0, 0.05) is 54.9 Å². The van der Waals surface area contributed by atoms with E-state index in [9.17, 15) is 18.0 Å². The summed E-state index contributed by atoms with van der Waals surface area (Å²) in [4.78, 5) is 17.0. The van der Waals surface area contributed by atoms with Crippen molar-refractivity contribution in [1.82, 2.24) is 9.47 Å². The topological polar surface area (TPSA) is 37.7 Å². The zero-order valence-electron chi connectivity index (χ0n) is 16.9. The summed E-state index contributed by atoms with van der Waals surface area (Å²) in [5, 5.41) is 0. The molecular formula is C21H26F3N3O2. The molecule has 2 aromatic rings. The number of methoxy groups -OCH3 is 1. The van der Waals surface area contributed by atoms with E-state index in [1.54, 1.807) is 27.0 Å². The summed E-state index contributed by atoms with van der Waals surface area (Å²) >= 11 is 0. The Hall–Kier alpha value is -2.48. The van der Waals surface area contributed by atoms with Crippen molar-refractivity contribution >= 4 is 11.5 Å². The average Bonchev–Trinajstić information content (AvgIpc) is 2.95. The molecule has 0 atom stereocenters. The molecule has 1 aliphatic rings. The van der Waals surface area contributed by atoms with E-state index in [2.05, 4.69) is 9.80 Å². The molecule has 0 bridgehead atoms. The third kappa shape index (κ3) is 5.12. The minimum absolute atomic E-state index is 0.138. The number of alkyl halides is 3. The highest BCUT2D eigenvalue weighted by atomic mass is 19.4. The lowest BCUT2D eigenvalue weighted by Crippen LogP contribution is -2.48. The lowest BCUT2D eigenvalue weighted by molar-refractivity contribution is -0.141. The van der Waals surface area contributed by atoms with Gasteiger partial charge in [0.1, 0.15) is 12.3 Å². The van der Waals surface area contributed by atoms with Crippen LogP contribution in [0.1, 0.15) is 21.7 Å². The van der Waals surface area contributed by atoms with Crippen LogP contribution in [0.5, 0.6) is 5.75 Å². The van der Waals surface area contributed by atoms with Crippen LogP contribution in [0.4, 0.5) is 18.9 Å². The van der Waals surface area contributed by atoms with Gasteiger partial charge in [0.2, 0.25) is 0 Å². The highest BCUT2D eigenvalue weighted by Crippen LogP contribution is 2.24.